The minimum absolute atomic E-state index is 0.239. The Labute approximate surface area is 166 Å². The molecule has 0 amide bonds. The number of benzene rings is 1. The Morgan fingerprint density at radius 2 is 1.68 bits per heavy atom. The fraction of sp³-hybridized carbons (Fsp3) is 0.500. The van der Waals surface area contributed by atoms with Crippen LogP contribution in [0.3, 0.4) is 0 Å². The third-order valence-electron chi connectivity index (χ3n) is 4.66. The molecule has 0 saturated carbocycles. The van der Waals surface area contributed by atoms with Gasteiger partial charge in [0.05, 0.1) is 0 Å². The van der Waals surface area contributed by atoms with E-state index in [1.165, 1.54) is 0 Å². The van der Waals surface area contributed by atoms with Crippen molar-refractivity contribution in [3.8, 4) is 11.5 Å². The number of rotatable bonds is 9. The first-order valence-corrected chi connectivity index (χ1v) is 9.69. The summed E-state index contributed by atoms with van der Waals surface area (Å²) in [5, 5.41) is 6.64. The highest BCUT2D eigenvalue weighted by Gasteiger charge is 2.14. The molecule has 0 spiro atoms. The van der Waals surface area contributed by atoms with Gasteiger partial charge in [0, 0.05) is 37.8 Å². The molecule has 2 heterocycles. The van der Waals surface area contributed by atoms with Crippen LogP contribution in [0.15, 0.2) is 24.3 Å². The standard InChI is InChI=1S/C20H30N6O2/c1-13(2)26(14(3)4)8-7-22-18-10-19(25-20(21)24-18)23-11-15-5-6-16-17(9-15)28-12-27-16/h5-6,9-10,13-14H,7-8,11-12H2,1-4H3,(H4,21,22,23,24,25). The quantitative estimate of drug-likeness (QED) is 0.605. The van der Waals surface area contributed by atoms with Gasteiger partial charge in [0.2, 0.25) is 12.7 Å². The molecule has 0 radical (unpaired) electrons. The van der Waals surface area contributed by atoms with Crippen molar-refractivity contribution in [1.82, 2.24) is 14.9 Å². The molecule has 8 heteroatoms. The number of nitrogens with one attached hydrogen (secondary N) is 2. The third-order valence-corrected chi connectivity index (χ3v) is 4.66. The van der Waals surface area contributed by atoms with E-state index in [4.69, 9.17) is 15.2 Å². The summed E-state index contributed by atoms with van der Waals surface area (Å²) in [5.41, 5.74) is 6.95. The normalized spacial score (nSPS) is 12.8. The molecule has 2 aromatic rings. The molecule has 28 heavy (non-hydrogen) atoms. The van der Waals surface area contributed by atoms with Gasteiger partial charge in [-0.05, 0) is 45.4 Å². The van der Waals surface area contributed by atoms with Crippen molar-refractivity contribution >= 4 is 17.6 Å². The van der Waals surface area contributed by atoms with E-state index in [0.29, 0.717) is 30.3 Å². The van der Waals surface area contributed by atoms with Crippen molar-refractivity contribution in [1.29, 1.82) is 0 Å². The Hall–Kier alpha value is -2.74. The van der Waals surface area contributed by atoms with Crippen molar-refractivity contribution in [3.63, 3.8) is 0 Å². The largest absolute Gasteiger partial charge is 0.454 e. The molecule has 3 rings (SSSR count). The van der Waals surface area contributed by atoms with Crippen LogP contribution in [0.2, 0.25) is 0 Å². The maximum absolute atomic E-state index is 5.88. The van der Waals surface area contributed by atoms with Crippen LogP contribution in [0.5, 0.6) is 11.5 Å². The molecule has 0 bridgehead atoms. The number of anilines is 3. The van der Waals surface area contributed by atoms with Crippen LogP contribution in [-0.2, 0) is 6.54 Å². The maximum atomic E-state index is 5.88. The summed E-state index contributed by atoms with van der Waals surface area (Å²) >= 11 is 0. The smallest absolute Gasteiger partial charge is 0.231 e. The summed E-state index contributed by atoms with van der Waals surface area (Å²) < 4.78 is 10.8. The van der Waals surface area contributed by atoms with E-state index in [1.54, 1.807) is 0 Å². The summed E-state index contributed by atoms with van der Waals surface area (Å²) in [6.07, 6.45) is 0. The lowest BCUT2D eigenvalue weighted by Crippen LogP contribution is -2.40. The number of nitrogen functional groups attached to an aromatic ring is 1. The minimum atomic E-state index is 0.239. The predicted molar refractivity (Wildman–Crippen MR) is 112 cm³/mol. The van der Waals surface area contributed by atoms with E-state index in [0.717, 1.165) is 30.2 Å². The molecule has 0 aliphatic carbocycles. The number of hydrogen-bond acceptors (Lipinski definition) is 8. The van der Waals surface area contributed by atoms with Crippen LogP contribution < -0.4 is 25.8 Å². The first kappa shape index (κ1) is 20.0. The van der Waals surface area contributed by atoms with Gasteiger partial charge in [-0.25, -0.2) is 0 Å². The van der Waals surface area contributed by atoms with E-state index in [2.05, 4.69) is 53.2 Å². The van der Waals surface area contributed by atoms with Gasteiger partial charge in [0.25, 0.3) is 0 Å². The Morgan fingerprint density at radius 1 is 1.00 bits per heavy atom. The van der Waals surface area contributed by atoms with E-state index in [1.807, 2.05) is 24.3 Å². The van der Waals surface area contributed by atoms with Gasteiger partial charge in [-0.1, -0.05) is 6.07 Å². The number of nitrogens with two attached hydrogens (primary N) is 1. The van der Waals surface area contributed by atoms with Gasteiger partial charge in [-0.2, -0.15) is 9.97 Å². The molecule has 4 N–H and O–H groups in total. The lowest BCUT2D eigenvalue weighted by molar-refractivity contribution is 0.174. The van der Waals surface area contributed by atoms with Gasteiger partial charge in [0.1, 0.15) is 11.6 Å². The molecule has 0 fully saturated rings. The zero-order chi connectivity index (χ0) is 20.1. The highest BCUT2D eigenvalue weighted by Crippen LogP contribution is 2.32. The molecular formula is C20H30N6O2. The Morgan fingerprint density at radius 3 is 2.39 bits per heavy atom. The summed E-state index contributed by atoms with van der Waals surface area (Å²) in [6.45, 7) is 11.4. The van der Waals surface area contributed by atoms with Crippen molar-refractivity contribution in [3.05, 3.63) is 29.8 Å². The van der Waals surface area contributed by atoms with E-state index >= 15 is 0 Å². The number of hydrogen-bond donors (Lipinski definition) is 3. The average molecular weight is 387 g/mol. The molecule has 1 aromatic carbocycles. The second kappa shape index (κ2) is 8.97. The van der Waals surface area contributed by atoms with E-state index in [-0.39, 0.29) is 12.7 Å². The van der Waals surface area contributed by atoms with Crippen LogP contribution in [0.25, 0.3) is 0 Å². The van der Waals surface area contributed by atoms with E-state index < -0.39 is 0 Å². The molecular weight excluding hydrogens is 356 g/mol. The number of ether oxygens (including phenoxy) is 2. The van der Waals surface area contributed by atoms with Crippen LogP contribution in [0.4, 0.5) is 17.6 Å². The first-order valence-electron chi connectivity index (χ1n) is 9.69. The molecule has 1 aromatic heterocycles. The van der Waals surface area contributed by atoms with Crippen LogP contribution >= 0.6 is 0 Å². The Balaban J connectivity index is 1.57. The van der Waals surface area contributed by atoms with Crippen molar-refractivity contribution < 1.29 is 9.47 Å². The predicted octanol–water partition coefficient (Wildman–Crippen LogP) is 2.93. The number of nitrogens with zero attached hydrogens (tertiary/aromatic N) is 3. The zero-order valence-electron chi connectivity index (χ0n) is 17.0. The molecule has 152 valence electrons. The highest BCUT2D eigenvalue weighted by molar-refractivity contribution is 5.52. The molecule has 1 aliphatic heterocycles. The molecule has 0 atom stereocenters. The Kier molecular flexibility index (Phi) is 6.41. The zero-order valence-corrected chi connectivity index (χ0v) is 17.0. The second-order valence-electron chi connectivity index (χ2n) is 7.39. The van der Waals surface area contributed by atoms with Crippen LogP contribution in [0, 0.1) is 0 Å². The molecule has 8 nitrogen and oxygen atoms in total. The summed E-state index contributed by atoms with van der Waals surface area (Å²) in [5.74, 6) is 3.18. The van der Waals surface area contributed by atoms with Gasteiger partial charge in [0.15, 0.2) is 11.5 Å². The second-order valence-corrected chi connectivity index (χ2v) is 7.39. The van der Waals surface area contributed by atoms with Gasteiger partial charge in [-0.15, -0.1) is 0 Å². The number of fused-ring (bicyclic) bond motifs is 1. The average Bonchev–Trinajstić information content (AvgIpc) is 3.10. The SMILES string of the molecule is CC(C)N(CCNc1cc(NCc2ccc3c(c2)OCO3)nc(N)n1)C(C)C. The first-order chi connectivity index (χ1) is 13.4. The molecule has 0 saturated heterocycles. The van der Waals surface area contributed by atoms with Crippen molar-refractivity contribution in [2.24, 2.45) is 0 Å². The monoisotopic (exact) mass is 386 g/mol. The summed E-state index contributed by atoms with van der Waals surface area (Å²) in [6, 6.07) is 8.74. The fourth-order valence-electron chi connectivity index (χ4n) is 3.32. The minimum Gasteiger partial charge on any atom is -0.454 e. The summed E-state index contributed by atoms with van der Waals surface area (Å²) in [7, 11) is 0. The third kappa shape index (κ3) is 5.16. The lowest BCUT2D eigenvalue weighted by atomic mass is 10.2. The van der Waals surface area contributed by atoms with Gasteiger partial charge < -0.3 is 25.8 Å². The molecule has 1 aliphatic rings. The maximum Gasteiger partial charge on any atom is 0.231 e. The van der Waals surface area contributed by atoms with Crippen LogP contribution in [0.1, 0.15) is 33.3 Å². The van der Waals surface area contributed by atoms with Gasteiger partial charge in [-0.3, -0.25) is 4.90 Å². The fourth-order valence-corrected chi connectivity index (χ4v) is 3.32. The van der Waals surface area contributed by atoms with Crippen molar-refractivity contribution in [2.75, 3.05) is 36.2 Å². The van der Waals surface area contributed by atoms with Crippen LogP contribution in [-0.4, -0.2) is 46.8 Å². The topological polar surface area (TPSA) is 97.6 Å². The summed E-state index contributed by atoms with van der Waals surface area (Å²) in [4.78, 5) is 11.0. The Bertz CT molecular complexity index is 788. The van der Waals surface area contributed by atoms with E-state index in [9.17, 15) is 0 Å². The lowest BCUT2D eigenvalue weighted by Gasteiger charge is -2.30. The van der Waals surface area contributed by atoms with Gasteiger partial charge >= 0.3 is 0 Å². The highest BCUT2D eigenvalue weighted by atomic mass is 16.7. The van der Waals surface area contributed by atoms with Crippen molar-refractivity contribution in [2.45, 2.75) is 46.3 Å². The molecule has 0 unspecified atom stereocenters. The number of aromatic nitrogens is 2.